The molecule has 12 heavy (non-hydrogen) atoms. The van der Waals surface area contributed by atoms with E-state index in [1.165, 1.54) is 19.2 Å². The number of halogens is 2. The Labute approximate surface area is 70.0 Å². The highest BCUT2D eigenvalue weighted by molar-refractivity contribution is 5.36. The summed E-state index contributed by atoms with van der Waals surface area (Å²) >= 11 is 0. The highest BCUT2D eigenvalue weighted by Gasteiger charge is 2.08. The Hall–Kier alpha value is -1.12. The lowest BCUT2D eigenvalue weighted by atomic mass is 10.1. The molecule has 3 heteroatoms. The van der Waals surface area contributed by atoms with Crippen molar-refractivity contribution in [2.75, 3.05) is 7.11 Å². The number of hydrogen-bond donors (Lipinski definition) is 0. The van der Waals surface area contributed by atoms with Gasteiger partial charge in [-0.1, -0.05) is 0 Å². The van der Waals surface area contributed by atoms with Gasteiger partial charge in [0.15, 0.2) is 0 Å². The van der Waals surface area contributed by atoms with Crippen LogP contribution < -0.4 is 4.74 Å². The summed E-state index contributed by atoms with van der Waals surface area (Å²) in [6, 6.07) is 4.36. The van der Waals surface area contributed by atoms with Crippen LogP contribution in [0.3, 0.4) is 0 Å². The molecular formula is C9H10F2O. The topological polar surface area (TPSA) is 9.23 Å². The maximum Gasteiger partial charge on any atom is 0.263 e. The van der Waals surface area contributed by atoms with Gasteiger partial charge in [0.05, 0.1) is 7.11 Å². The highest BCUT2D eigenvalue weighted by Crippen LogP contribution is 2.24. The maximum atomic E-state index is 12.1. The molecule has 0 aliphatic carbocycles. The van der Waals surface area contributed by atoms with Gasteiger partial charge in [-0.15, -0.1) is 0 Å². The number of alkyl halides is 2. The molecule has 0 atom stereocenters. The van der Waals surface area contributed by atoms with Gasteiger partial charge in [-0.05, 0) is 30.7 Å². The Morgan fingerprint density at radius 2 is 2.00 bits per heavy atom. The second-order valence-corrected chi connectivity index (χ2v) is 2.53. The molecule has 66 valence electrons. The summed E-state index contributed by atoms with van der Waals surface area (Å²) in [6.45, 7) is 1.74. The van der Waals surface area contributed by atoms with E-state index in [0.717, 1.165) is 5.56 Å². The largest absolute Gasteiger partial charge is 0.496 e. The van der Waals surface area contributed by atoms with Gasteiger partial charge in [0.2, 0.25) is 0 Å². The molecule has 1 aromatic carbocycles. The van der Waals surface area contributed by atoms with Crippen molar-refractivity contribution in [3.05, 3.63) is 29.3 Å². The summed E-state index contributed by atoms with van der Waals surface area (Å²) < 4.78 is 29.2. The fraction of sp³-hybridized carbons (Fsp3) is 0.333. The van der Waals surface area contributed by atoms with Gasteiger partial charge in [0.25, 0.3) is 6.43 Å². The van der Waals surface area contributed by atoms with E-state index < -0.39 is 6.43 Å². The van der Waals surface area contributed by atoms with E-state index in [1.807, 2.05) is 0 Å². The molecule has 0 saturated carbocycles. The second-order valence-electron chi connectivity index (χ2n) is 2.53. The molecule has 0 aromatic heterocycles. The lowest BCUT2D eigenvalue weighted by Crippen LogP contribution is -1.90. The number of ether oxygens (including phenoxy) is 1. The van der Waals surface area contributed by atoms with Crippen LogP contribution in [0.2, 0.25) is 0 Å². The molecule has 1 nitrogen and oxygen atoms in total. The van der Waals surface area contributed by atoms with E-state index in [-0.39, 0.29) is 5.56 Å². The van der Waals surface area contributed by atoms with Crippen LogP contribution in [0.25, 0.3) is 0 Å². The zero-order chi connectivity index (χ0) is 9.14. The van der Waals surface area contributed by atoms with Crippen LogP contribution >= 0.6 is 0 Å². The second kappa shape index (κ2) is 3.52. The minimum atomic E-state index is -2.41. The molecule has 1 aromatic rings. The van der Waals surface area contributed by atoms with Gasteiger partial charge in [0.1, 0.15) is 5.75 Å². The zero-order valence-corrected chi connectivity index (χ0v) is 6.97. The minimum Gasteiger partial charge on any atom is -0.496 e. The summed E-state index contributed by atoms with van der Waals surface area (Å²) in [5.74, 6) is 0.638. The first-order valence-corrected chi connectivity index (χ1v) is 3.58. The molecule has 0 heterocycles. The third-order valence-electron chi connectivity index (χ3n) is 1.67. The van der Waals surface area contributed by atoms with E-state index in [1.54, 1.807) is 13.0 Å². The quantitative estimate of drug-likeness (QED) is 0.666. The van der Waals surface area contributed by atoms with Crippen LogP contribution in [-0.4, -0.2) is 7.11 Å². The number of benzene rings is 1. The van der Waals surface area contributed by atoms with Crippen molar-refractivity contribution in [3.8, 4) is 5.75 Å². The molecule has 0 unspecified atom stereocenters. The summed E-state index contributed by atoms with van der Waals surface area (Å²) in [5.41, 5.74) is 0.767. The van der Waals surface area contributed by atoms with Crippen LogP contribution in [-0.2, 0) is 0 Å². The van der Waals surface area contributed by atoms with E-state index in [0.29, 0.717) is 5.75 Å². The van der Waals surface area contributed by atoms with Gasteiger partial charge in [-0.3, -0.25) is 0 Å². The van der Waals surface area contributed by atoms with Gasteiger partial charge < -0.3 is 4.74 Å². The van der Waals surface area contributed by atoms with Crippen molar-refractivity contribution < 1.29 is 13.5 Å². The molecule has 0 spiro atoms. The average Bonchev–Trinajstić information content (AvgIpc) is 2.04. The predicted molar refractivity (Wildman–Crippen MR) is 42.7 cm³/mol. The first-order valence-electron chi connectivity index (χ1n) is 3.58. The fourth-order valence-electron chi connectivity index (χ4n) is 1.04. The van der Waals surface area contributed by atoms with E-state index in [9.17, 15) is 8.78 Å². The Balaban J connectivity index is 3.02. The third-order valence-corrected chi connectivity index (χ3v) is 1.67. The molecule has 0 N–H and O–H groups in total. The van der Waals surface area contributed by atoms with Crippen LogP contribution in [0.4, 0.5) is 8.78 Å². The molecule has 1 rings (SSSR count). The predicted octanol–water partition coefficient (Wildman–Crippen LogP) is 2.94. The van der Waals surface area contributed by atoms with Gasteiger partial charge in [0, 0.05) is 5.56 Å². The maximum absolute atomic E-state index is 12.1. The first-order chi connectivity index (χ1) is 5.65. The van der Waals surface area contributed by atoms with Crippen LogP contribution in [0, 0.1) is 6.92 Å². The van der Waals surface area contributed by atoms with Crippen molar-refractivity contribution in [1.82, 2.24) is 0 Å². The highest BCUT2D eigenvalue weighted by atomic mass is 19.3. The average molecular weight is 172 g/mol. The van der Waals surface area contributed by atoms with Crippen molar-refractivity contribution in [2.45, 2.75) is 13.3 Å². The van der Waals surface area contributed by atoms with Crippen molar-refractivity contribution in [3.63, 3.8) is 0 Å². The number of aryl methyl sites for hydroxylation is 1. The van der Waals surface area contributed by atoms with Crippen molar-refractivity contribution >= 4 is 0 Å². The number of hydrogen-bond acceptors (Lipinski definition) is 1. The normalized spacial score (nSPS) is 10.4. The molecule has 0 aliphatic rings. The molecule has 0 fully saturated rings. The molecule has 0 amide bonds. The fourth-order valence-corrected chi connectivity index (χ4v) is 1.04. The monoisotopic (exact) mass is 172 g/mol. The summed E-state index contributed by atoms with van der Waals surface area (Å²) in [6.07, 6.45) is -2.41. The molecule has 0 radical (unpaired) electrons. The van der Waals surface area contributed by atoms with Crippen molar-refractivity contribution in [2.24, 2.45) is 0 Å². The molecule has 0 bridgehead atoms. The number of rotatable bonds is 2. The van der Waals surface area contributed by atoms with Crippen LogP contribution in [0.1, 0.15) is 17.6 Å². The van der Waals surface area contributed by atoms with E-state index in [4.69, 9.17) is 4.74 Å². The molecule has 0 saturated heterocycles. The standard InChI is InChI=1S/C9H10F2O/c1-6-5-7(9(10)11)3-4-8(6)12-2/h3-5,9H,1-2H3. The minimum absolute atomic E-state index is 0.0355. The lowest BCUT2D eigenvalue weighted by molar-refractivity contribution is 0.151. The zero-order valence-electron chi connectivity index (χ0n) is 6.97. The van der Waals surface area contributed by atoms with Gasteiger partial charge in [-0.25, -0.2) is 8.78 Å². The van der Waals surface area contributed by atoms with Crippen LogP contribution in [0.15, 0.2) is 18.2 Å². The Morgan fingerprint density at radius 1 is 1.33 bits per heavy atom. The van der Waals surface area contributed by atoms with Crippen molar-refractivity contribution in [1.29, 1.82) is 0 Å². The Bertz CT molecular complexity index is 271. The third kappa shape index (κ3) is 1.72. The van der Waals surface area contributed by atoms with E-state index >= 15 is 0 Å². The summed E-state index contributed by atoms with van der Waals surface area (Å²) in [5, 5.41) is 0. The Morgan fingerprint density at radius 3 is 2.42 bits per heavy atom. The molecule has 0 aliphatic heterocycles. The van der Waals surface area contributed by atoms with E-state index in [2.05, 4.69) is 0 Å². The summed E-state index contributed by atoms with van der Waals surface area (Å²) in [4.78, 5) is 0. The SMILES string of the molecule is COc1ccc(C(F)F)cc1C. The molecular weight excluding hydrogens is 162 g/mol. The smallest absolute Gasteiger partial charge is 0.263 e. The van der Waals surface area contributed by atoms with Gasteiger partial charge >= 0.3 is 0 Å². The lowest BCUT2D eigenvalue weighted by Gasteiger charge is -2.05. The first kappa shape index (κ1) is 8.97. The Kier molecular flexibility index (Phi) is 2.63. The van der Waals surface area contributed by atoms with Gasteiger partial charge in [-0.2, -0.15) is 0 Å². The van der Waals surface area contributed by atoms with Crippen LogP contribution in [0.5, 0.6) is 5.75 Å². The summed E-state index contributed by atoms with van der Waals surface area (Å²) in [7, 11) is 1.52. The number of methoxy groups -OCH3 is 1.